The minimum Gasteiger partial charge on any atom is -0.343 e. The lowest BCUT2D eigenvalue weighted by Gasteiger charge is -2.20. The summed E-state index contributed by atoms with van der Waals surface area (Å²) in [7, 11) is 0. The number of benzene rings is 2. The summed E-state index contributed by atoms with van der Waals surface area (Å²) in [5.41, 5.74) is 1.31. The van der Waals surface area contributed by atoms with Gasteiger partial charge in [-0.25, -0.2) is 13.2 Å². The predicted octanol–water partition coefficient (Wildman–Crippen LogP) is 4.72. The molecule has 28 heavy (non-hydrogen) atoms. The zero-order valence-corrected chi connectivity index (χ0v) is 15.9. The zero-order chi connectivity index (χ0) is 20.1. The third kappa shape index (κ3) is 4.99. The van der Waals surface area contributed by atoms with E-state index in [1.165, 1.54) is 29.5 Å². The maximum atomic E-state index is 13.4. The Morgan fingerprint density at radius 1 is 1.00 bits per heavy atom. The molecule has 2 atom stereocenters. The van der Waals surface area contributed by atoms with Gasteiger partial charge in [-0.05, 0) is 53.8 Å². The summed E-state index contributed by atoms with van der Waals surface area (Å²) in [5, 5.41) is 7.84. The van der Waals surface area contributed by atoms with Gasteiger partial charge in [0.05, 0.1) is 12.6 Å². The smallest absolute Gasteiger partial charge is 0.234 e. The van der Waals surface area contributed by atoms with Gasteiger partial charge in [0.25, 0.3) is 0 Å². The lowest BCUT2D eigenvalue weighted by molar-refractivity contribution is -0.120. The number of hydrogen-bond donors (Lipinski definition) is 2. The first kappa shape index (κ1) is 20.1. The number of nitrogens with one attached hydrogen (secondary N) is 2. The van der Waals surface area contributed by atoms with Crippen molar-refractivity contribution in [1.82, 2.24) is 10.6 Å². The molecular weight excluding hydrogens is 385 g/mol. The lowest BCUT2D eigenvalue weighted by atomic mass is 10.1. The van der Waals surface area contributed by atoms with E-state index in [2.05, 4.69) is 10.6 Å². The van der Waals surface area contributed by atoms with Gasteiger partial charge in [0.2, 0.25) is 5.91 Å². The average Bonchev–Trinajstić information content (AvgIpc) is 3.21. The third-order valence-electron chi connectivity index (χ3n) is 4.35. The van der Waals surface area contributed by atoms with Crippen molar-refractivity contribution in [2.24, 2.45) is 0 Å². The normalized spacial score (nSPS) is 13.1. The van der Waals surface area contributed by atoms with Crippen LogP contribution >= 0.6 is 11.3 Å². The quantitative estimate of drug-likeness (QED) is 0.598. The monoisotopic (exact) mass is 404 g/mol. The first-order valence-corrected chi connectivity index (χ1v) is 9.58. The Labute approximate surface area is 165 Å². The van der Waals surface area contributed by atoms with E-state index in [9.17, 15) is 18.0 Å². The molecule has 0 bridgehead atoms. The van der Waals surface area contributed by atoms with Crippen LogP contribution in [0.1, 0.15) is 35.0 Å². The highest BCUT2D eigenvalue weighted by Crippen LogP contribution is 2.26. The van der Waals surface area contributed by atoms with Crippen LogP contribution < -0.4 is 10.6 Å². The molecule has 2 N–H and O–H groups in total. The van der Waals surface area contributed by atoms with Gasteiger partial charge < -0.3 is 10.6 Å². The molecule has 0 saturated carbocycles. The van der Waals surface area contributed by atoms with Crippen LogP contribution in [0.5, 0.6) is 0 Å². The first-order valence-electron chi connectivity index (χ1n) is 8.70. The minimum atomic E-state index is -0.926. The topological polar surface area (TPSA) is 41.1 Å². The molecule has 0 aliphatic heterocycles. The second kappa shape index (κ2) is 9.03. The van der Waals surface area contributed by atoms with Crippen molar-refractivity contribution in [1.29, 1.82) is 0 Å². The summed E-state index contributed by atoms with van der Waals surface area (Å²) in [6.45, 7) is 1.75. The summed E-state index contributed by atoms with van der Waals surface area (Å²) in [6.07, 6.45) is 0. The molecule has 3 nitrogen and oxygen atoms in total. The Morgan fingerprint density at radius 2 is 1.71 bits per heavy atom. The molecule has 0 unspecified atom stereocenters. The molecule has 0 fully saturated rings. The fraction of sp³-hybridized carbons (Fsp3) is 0.190. The molecule has 146 valence electrons. The molecule has 2 aromatic carbocycles. The molecule has 0 radical (unpaired) electrons. The average molecular weight is 404 g/mol. The van der Waals surface area contributed by atoms with Crippen molar-refractivity contribution in [2.45, 2.75) is 19.0 Å². The van der Waals surface area contributed by atoms with Gasteiger partial charge in [0, 0.05) is 10.9 Å². The van der Waals surface area contributed by atoms with Crippen molar-refractivity contribution in [3.8, 4) is 0 Å². The van der Waals surface area contributed by atoms with Crippen molar-refractivity contribution in [3.05, 3.63) is 93.4 Å². The molecule has 1 heterocycles. The number of amides is 1. The highest BCUT2D eigenvalue weighted by Gasteiger charge is 2.18. The van der Waals surface area contributed by atoms with Crippen molar-refractivity contribution in [3.63, 3.8) is 0 Å². The summed E-state index contributed by atoms with van der Waals surface area (Å²) in [5.74, 6) is -2.45. The molecule has 0 aliphatic carbocycles. The second-order valence-corrected chi connectivity index (χ2v) is 7.32. The summed E-state index contributed by atoms with van der Waals surface area (Å²) in [6, 6.07) is 12.7. The van der Waals surface area contributed by atoms with E-state index in [0.29, 0.717) is 5.56 Å². The Bertz CT molecular complexity index is 929. The van der Waals surface area contributed by atoms with Crippen LogP contribution in [-0.2, 0) is 4.79 Å². The Morgan fingerprint density at radius 3 is 2.36 bits per heavy atom. The number of hydrogen-bond acceptors (Lipinski definition) is 3. The second-order valence-electron chi connectivity index (χ2n) is 6.34. The van der Waals surface area contributed by atoms with Crippen LogP contribution in [0.15, 0.2) is 60.0 Å². The first-order chi connectivity index (χ1) is 13.4. The Balaban J connectivity index is 1.65. The van der Waals surface area contributed by atoms with Gasteiger partial charge in [-0.15, -0.1) is 11.3 Å². The number of carbonyl (C=O) groups is 1. The number of carbonyl (C=O) groups excluding carboxylic acids is 1. The predicted molar refractivity (Wildman–Crippen MR) is 103 cm³/mol. The van der Waals surface area contributed by atoms with Gasteiger partial charge >= 0.3 is 0 Å². The molecule has 3 rings (SSSR count). The Kier molecular flexibility index (Phi) is 6.49. The van der Waals surface area contributed by atoms with Gasteiger partial charge in [-0.3, -0.25) is 4.79 Å². The Hall–Kier alpha value is -2.64. The summed E-state index contributed by atoms with van der Waals surface area (Å²) < 4.78 is 39.7. The van der Waals surface area contributed by atoms with Crippen LogP contribution in [0.4, 0.5) is 13.2 Å². The fourth-order valence-corrected chi connectivity index (χ4v) is 3.59. The van der Waals surface area contributed by atoms with Gasteiger partial charge in [-0.2, -0.15) is 0 Å². The molecule has 1 amide bonds. The van der Waals surface area contributed by atoms with Gasteiger partial charge in [0.1, 0.15) is 5.82 Å². The lowest BCUT2D eigenvalue weighted by Crippen LogP contribution is -2.37. The van der Waals surface area contributed by atoms with Gasteiger partial charge in [-0.1, -0.05) is 24.3 Å². The third-order valence-corrected chi connectivity index (χ3v) is 5.29. The van der Waals surface area contributed by atoms with Crippen LogP contribution in [0, 0.1) is 17.5 Å². The van der Waals surface area contributed by atoms with E-state index >= 15 is 0 Å². The highest BCUT2D eigenvalue weighted by molar-refractivity contribution is 7.10. The maximum absolute atomic E-state index is 13.4. The van der Waals surface area contributed by atoms with Crippen LogP contribution in [0.3, 0.4) is 0 Å². The molecule has 1 aromatic heterocycles. The minimum absolute atomic E-state index is 0.0107. The number of thiophene rings is 1. The summed E-state index contributed by atoms with van der Waals surface area (Å²) >= 11 is 1.49. The van der Waals surface area contributed by atoms with Crippen molar-refractivity contribution < 1.29 is 18.0 Å². The van der Waals surface area contributed by atoms with Crippen molar-refractivity contribution >= 4 is 17.2 Å². The van der Waals surface area contributed by atoms with E-state index in [1.54, 1.807) is 19.1 Å². The van der Waals surface area contributed by atoms with Crippen LogP contribution in [-0.4, -0.2) is 12.5 Å². The zero-order valence-electron chi connectivity index (χ0n) is 15.1. The maximum Gasteiger partial charge on any atom is 0.234 e. The molecule has 0 aliphatic rings. The van der Waals surface area contributed by atoms with Crippen molar-refractivity contribution in [2.75, 3.05) is 6.54 Å². The number of rotatable bonds is 7. The standard InChI is InChI=1S/C21H19F3N2OS/c1-13(15-6-9-17(23)18(24)11-15)25-12-20(27)26-21(19-3-2-10-28-19)14-4-7-16(22)8-5-14/h2-11,13,21,25H,12H2,1H3,(H,26,27)/t13-,21+/m1/s1. The van der Waals surface area contributed by atoms with Crippen LogP contribution in [0.25, 0.3) is 0 Å². The summed E-state index contributed by atoms with van der Waals surface area (Å²) in [4.78, 5) is 13.4. The largest absolute Gasteiger partial charge is 0.343 e. The molecule has 3 aromatic rings. The van der Waals surface area contributed by atoms with Gasteiger partial charge in [0.15, 0.2) is 11.6 Å². The molecule has 0 saturated heterocycles. The molecule has 0 spiro atoms. The number of halogens is 3. The van der Waals surface area contributed by atoms with E-state index in [-0.39, 0.29) is 24.3 Å². The van der Waals surface area contributed by atoms with E-state index in [1.807, 2.05) is 17.5 Å². The van der Waals surface area contributed by atoms with Crippen LogP contribution in [0.2, 0.25) is 0 Å². The van der Waals surface area contributed by atoms with E-state index in [0.717, 1.165) is 22.6 Å². The molecule has 7 heteroatoms. The van der Waals surface area contributed by atoms with E-state index < -0.39 is 17.7 Å². The van der Waals surface area contributed by atoms with E-state index in [4.69, 9.17) is 0 Å². The SMILES string of the molecule is C[C@@H](NCC(=O)N[C@@H](c1ccc(F)cc1)c1cccs1)c1ccc(F)c(F)c1. The fourth-order valence-electron chi connectivity index (χ4n) is 2.79. The molecular formula is C21H19F3N2OS. The highest BCUT2D eigenvalue weighted by atomic mass is 32.1.